The van der Waals surface area contributed by atoms with E-state index in [1.807, 2.05) is 6.92 Å². The van der Waals surface area contributed by atoms with Gasteiger partial charge in [0.15, 0.2) is 0 Å². The SMILES string of the molecule is CCN(C(=O)CN(C)CC(=O)Nc1cccc(OC)c1)c1ccc(F)cc1. The maximum absolute atomic E-state index is 13.1. The Labute approximate surface area is 158 Å². The van der Waals surface area contributed by atoms with E-state index < -0.39 is 0 Å². The highest BCUT2D eigenvalue weighted by Gasteiger charge is 2.17. The van der Waals surface area contributed by atoms with Gasteiger partial charge in [-0.3, -0.25) is 14.5 Å². The van der Waals surface area contributed by atoms with Gasteiger partial charge in [0.05, 0.1) is 20.2 Å². The second-order valence-corrected chi connectivity index (χ2v) is 6.07. The van der Waals surface area contributed by atoms with Gasteiger partial charge < -0.3 is 15.0 Å². The number of benzene rings is 2. The molecule has 0 aliphatic rings. The Balaban J connectivity index is 1.90. The second kappa shape index (κ2) is 9.68. The van der Waals surface area contributed by atoms with Crippen molar-refractivity contribution in [2.75, 3.05) is 44.0 Å². The minimum Gasteiger partial charge on any atom is -0.497 e. The molecule has 2 aromatic rings. The topological polar surface area (TPSA) is 61.9 Å². The van der Waals surface area contributed by atoms with Crippen molar-refractivity contribution in [1.29, 1.82) is 0 Å². The second-order valence-electron chi connectivity index (χ2n) is 6.07. The van der Waals surface area contributed by atoms with Crippen molar-refractivity contribution < 1.29 is 18.7 Å². The Kier molecular flexibility index (Phi) is 7.31. The Morgan fingerprint density at radius 2 is 1.81 bits per heavy atom. The first-order valence-corrected chi connectivity index (χ1v) is 8.61. The fraction of sp³-hybridized carbons (Fsp3) is 0.300. The fourth-order valence-corrected chi connectivity index (χ4v) is 2.64. The number of anilines is 2. The van der Waals surface area contributed by atoms with E-state index in [0.717, 1.165) is 0 Å². The summed E-state index contributed by atoms with van der Waals surface area (Å²) in [5.41, 5.74) is 1.25. The summed E-state index contributed by atoms with van der Waals surface area (Å²) in [4.78, 5) is 27.9. The zero-order valence-electron chi connectivity index (χ0n) is 15.7. The first-order valence-electron chi connectivity index (χ1n) is 8.61. The van der Waals surface area contributed by atoms with Crippen LogP contribution in [-0.2, 0) is 9.59 Å². The number of amides is 2. The van der Waals surface area contributed by atoms with Gasteiger partial charge in [0.25, 0.3) is 0 Å². The molecule has 0 radical (unpaired) electrons. The van der Waals surface area contributed by atoms with E-state index in [0.29, 0.717) is 23.7 Å². The van der Waals surface area contributed by atoms with Gasteiger partial charge >= 0.3 is 0 Å². The lowest BCUT2D eigenvalue weighted by Gasteiger charge is -2.24. The Bertz CT molecular complexity index is 780. The maximum Gasteiger partial charge on any atom is 0.241 e. The number of likely N-dealkylation sites (N-methyl/N-ethyl adjacent to an activating group) is 2. The van der Waals surface area contributed by atoms with Crippen LogP contribution in [0.3, 0.4) is 0 Å². The molecule has 7 heteroatoms. The van der Waals surface area contributed by atoms with E-state index in [4.69, 9.17) is 4.74 Å². The number of carbonyl (C=O) groups is 2. The molecule has 6 nitrogen and oxygen atoms in total. The summed E-state index contributed by atoms with van der Waals surface area (Å²) in [7, 11) is 3.25. The van der Waals surface area contributed by atoms with E-state index in [1.54, 1.807) is 60.4 Å². The van der Waals surface area contributed by atoms with Crippen molar-refractivity contribution in [2.45, 2.75) is 6.92 Å². The predicted molar refractivity (Wildman–Crippen MR) is 104 cm³/mol. The predicted octanol–water partition coefficient (Wildman–Crippen LogP) is 2.76. The number of ether oxygens (including phenoxy) is 1. The summed E-state index contributed by atoms with van der Waals surface area (Å²) in [5, 5.41) is 2.77. The number of hydrogen-bond acceptors (Lipinski definition) is 4. The number of nitrogens with zero attached hydrogens (tertiary/aromatic N) is 2. The van der Waals surface area contributed by atoms with Crippen molar-refractivity contribution in [3.05, 3.63) is 54.3 Å². The third-order valence-corrected chi connectivity index (χ3v) is 3.93. The van der Waals surface area contributed by atoms with Gasteiger partial charge in [0.2, 0.25) is 11.8 Å². The van der Waals surface area contributed by atoms with Crippen molar-refractivity contribution in [3.8, 4) is 5.75 Å². The molecule has 0 saturated heterocycles. The first-order chi connectivity index (χ1) is 12.9. The monoisotopic (exact) mass is 373 g/mol. The number of halogens is 1. The zero-order valence-corrected chi connectivity index (χ0v) is 15.7. The van der Waals surface area contributed by atoms with E-state index in [-0.39, 0.29) is 30.7 Å². The van der Waals surface area contributed by atoms with Crippen LogP contribution in [0.1, 0.15) is 6.92 Å². The molecule has 2 amide bonds. The van der Waals surface area contributed by atoms with Crippen LogP contribution in [0.4, 0.5) is 15.8 Å². The van der Waals surface area contributed by atoms with Crippen LogP contribution >= 0.6 is 0 Å². The molecule has 2 aromatic carbocycles. The summed E-state index contributed by atoms with van der Waals surface area (Å²) in [5.74, 6) is -0.105. The van der Waals surface area contributed by atoms with E-state index in [2.05, 4.69) is 5.32 Å². The van der Waals surface area contributed by atoms with Crippen LogP contribution < -0.4 is 15.0 Å². The Morgan fingerprint density at radius 3 is 2.44 bits per heavy atom. The molecule has 0 aliphatic heterocycles. The minimum absolute atomic E-state index is 0.0594. The third-order valence-electron chi connectivity index (χ3n) is 3.93. The van der Waals surface area contributed by atoms with Gasteiger partial charge in [-0.15, -0.1) is 0 Å². The van der Waals surface area contributed by atoms with Crippen molar-refractivity contribution >= 4 is 23.2 Å². The zero-order chi connectivity index (χ0) is 19.8. The smallest absolute Gasteiger partial charge is 0.241 e. The molecule has 0 unspecified atom stereocenters. The van der Waals surface area contributed by atoms with E-state index >= 15 is 0 Å². The first kappa shape index (κ1) is 20.4. The van der Waals surface area contributed by atoms with Gasteiger partial charge in [0, 0.05) is 24.0 Å². The average molecular weight is 373 g/mol. The van der Waals surface area contributed by atoms with Crippen LogP contribution in [0.5, 0.6) is 5.75 Å². The van der Waals surface area contributed by atoms with Gasteiger partial charge in [-0.1, -0.05) is 6.07 Å². The minimum atomic E-state index is -0.353. The summed E-state index contributed by atoms with van der Waals surface area (Å²) in [6.07, 6.45) is 0. The molecular formula is C20H24FN3O3. The lowest BCUT2D eigenvalue weighted by atomic mass is 10.2. The normalized spacial score (nSPS) is 10.6. The Morgan fingerprint density at radius 1 is 1.11 bits per heavy atom. The molecule has 2 rings (SSSR count). The van der Waals surface area contributed by atoms with Crippen LogP contribution in [0.25, 0.3) is 0 Å². The summed E-state index contributed by atoms with van der Waals surface area (Å²) >= 11 is 0. The number of hydrogen-bond donors (Lipinski definition) is 1. The molecule has 27 heavy (non-hydrogen) atoms. The summed E-state index contributed by atoms with van der Waals surface area (Å²) < 4.78 is 18.2. The highest BCUT2D eigenvalue weighted by Crippen LogP contribution is 2.17. The fourth-order valence-electron chi connectivity index (χ4n) is 2.64. The molecule has 0 saturated carbocycles. The molecule has 0 fully saturated rings. The van der Waals surface area contributed by atoms with E-state index in [1.165, 1.54) is 12.1 Å². The average Bonchev–Trinajstić information content (AvgIpc) is 2.63. The molecular weight excluding hydrogens is 349 g/mol. The largest absolute Gasteiger partial charge is 0.497 e. The lowest BCUT2D eigenvalue weighted by Crippen LogP contribution is -2.41. The van der Waals surface area contributed by atoms with Crippen molar-refractivity contribution in [2.24, 2.45) is 0 Å². The van der Waals surface area contributed by atoms with Crippen molar-refractivity contribution in [3.63, 3.8) is 0 Å². The molecule has 1 N–H and O–H groups in total. The van der Waals surface area contributed by atoms with E-state index in [9.17, 15) is 14.0 Å². The molecule has 0 bridgehead atoms. The molecule has 0 heterocycles. The molecule has 0 aliphatic carbocycles. The standard InChI is InChI=1S/C20H24FN3O3/c1-4-24(17-10-8-15(21)9-11-17)20(26)14-23(2)13-19(25)22-16-6-5-7-18(12-16)27-3/h5-12H,4,13-14H2,1-3H3,(H,22,25). The highest BCUT2D eigenvalue weighted by molar-refractivity contribution is 5.96. The van der Waals surface area contributed by atoms with Crippen LogP contribution in [-0.4, -0.2) is 50.5 Å². The highest BCUT2D eigenvalue weighted by atomic mass is 19.1. The number of methoxy groups -OCH3 is 1. The van der Waals surface area contributed by atoms with Crippen molar-refractivity contribution in [1.82, 2.24) is 4.90 Å². The van der Waals surface area contributed by atoms with Gasteiger partial charge in [-0.2, -0.15) is 0 Å². The Hall–Kier alpha value is -2.93. The summed E-state index contributed by atoms with van der Waals surface area (Å²) in [6, 6.07) is 12.8. The molecule has 0 aromatic heterocycles. The number of rotatable bonds is 8. The van der Waals surface area contributed by atoms with Gasteiger partial charge in [-0.25, -0.2) is 4.39 Å². The quantitative estimate of drug-likeness (QED) is 0.773. The van der Waals surface area contributed by atoms with Crippen LogP contribution in [0.2, 0.25) is 0 Å². The van der Waals surface area contributed by atoms with Crippen LogP contribution in [0.15, 0.2) is 48.5 Å². The van der Waals surface area contributed by atoms with Gasteiger partial charge in [-0.05, 0) is 50.4 Å². The summed E-state index contributed by atoms with van der Waals surface area (Å²) in [6.45, 7) is 2.42. The van der Waals surface area contributed by atoms with Gasteiger partial charge in [0.1, 0.15) is 11.6 Å². The molecule has 144 valence electrons. The lowest BCUT2D eigenvalue weighted by molar-refractivity contribution is -0.121. The van der Waals surface area contributed by atoms with Crippen LogP contribution in [0, 0.1) is 5.82 Å². The molecule has 0 spiro atoms. The maximum atomic E-state index is 13.1. The number of carbonyl (C=O) groups excluding carboxylic acids is 2. The third kappa shape index (κ3) is 6.07. The molecule has 0 atom stereocenters. The number of nitrogens with one attached hydrogen (secondary N) is 1.